The number of aliphatic imine (C=N–C) groups is 1. The van der Waals surface area contributed by atoms with Crippen LogP contribution in [0, 0.1) is 5.82 Å². The van der Waals surface area contributed by atoms with Crippen molar-refractivity contribution in [2.45, 2.75) is 6.42 Å². The van der Waals surface area contributed by atoms with Gasteiger partial charge in [-0.25, -0.2) is 14.2 Å². The smallest absolute Gasteiger partial charge is 0.337 e. The van der Waals surface area contributed by atoms with Gasteiger partial charge in [0.15, 0.2) is 0 Å². The van der Waals surface area contributed by atoms with Crippen LogP contribution < -0.4 is 16.4 Å². The molecular formula is C24H22ClFN6O2. The van der Waals surface area contributed by atoms with Gasteiger partial charge in [0.1, 0.15) is 17.5 Å². The number of allylic oxidation sites excluding steroid dienone is 1. The maximum Gasteiger partial charge on any atom is 0.337 e. The van der Waals surface area contributed by atoms with Gasteiger partial charge in [0.05, 0.1) is 10.6 Å². The van der Waals surface area contributed by atoms with E-state index in [1.807, 2.05) is 12.1 Å². The number of nitrogens with two attached hydrogens (primary N) is 1. The van der Waals surface area contributed by atoms with Crippen molar-refractivity contribution in [2.75, 3.05) is 11.9 Å². The number of carboxylic acids is 1. The summed E-state index contributed by atoms with van der Waals surface area (Å²) in [6.07, 6.45) is 8.29. The van der Waals surface area contributed by atoms with Gasteiger partial charge in [-0.2, -0.15) is 0 Å². The molecule has 174 valence electrons. The van der Waals surface area contributed by atoms with Gasteiger partial charge in [-0.15, -0.1) is 0 Å². The lowest BCUT2D eigenvalue weighted by Gasteiger charge is -2.12. The summed E-state index contributed by atoms with van der Waals surface area (Å²) < 4.78 is 13.4. The molecule has 8 nitrogen and oxygen atoms in total. The minimum atomic E-state index is -1.12. The van der Waals surface area contributed by atoms with E-state index in [4.69, 9.17) is 17.3 Å². The first-order valence-corrected chi connectivity index (χ1v) is 10.5. The highest BCUT2D eigenvalue weighted by atomic mass is 35.5. The highest BCUT2D eigenvalue weighted by Gasteiger charge is 2.10. The number of aromatic nitrogens is 2. The molecule has 0 aliphatic rings. The van der Waals surface area contributed by atoms with Gasteiger partial charge >= 0.3 is 5.97 Å². The highest BCUT2D eigenvalue weighted by Crippen LogP contribution is 2.21. The van der Waals surface area contributed by atoms with Crippen LogP contribution in [0.3, 0.4) is 0 Å². The van der Waals surface area contributed by atoms with Gasteiger partial charge in [0.2, 0.25) is 0 Å². The summed E-state index contributed by atoms with van der Waals surface area (Å²) in [5, 5.41) is 15.3. The van der Waals surface area contributed by atoms with Crippen molar-refractivity contribution in [2.24, 2.45) is 10.7 Å². The molecule has 10 heteroatoms. The number of benzene rings is 1. The third-order valence-corrected chi connectivity index (χ3v) is 4.91. The van der Waals surface area contributed by atoms with Crippen LogP contribution in [0.15, 0.2) is 84.4 Å². The van der Waals surface area contributed by atoms with E-state index < -0.39 is 11.8 Å². The van der Waals surface area contributed by atoms with Crippen LogP contribution in [0.5, 0.6) is 0 Å². The zero-order valence-corrected chi connectivity index (χ0v) is 18.8. The average molecular weight is 481 g/mol. The lowest BCUT2D eigenvalue weighted by molar-refractivity contribution is 0.0696. The van der Waals surface area contributed by atoms with E-state index in [-0.39, 0.29) is 22.2 Å². The lowest BCUT2D eigenvalue weighted by atomic mass is 10.1. The Morgan fingerprint density at radius 1 is 1.18 bits per heavy atom. The van der Waals surface area contributed by atoms with Crippen molar-refractivity contribution in [3.05, 3.63) is 107 Å². The number of aromatic carboxylic acids is 1. The van der Waals surface area contributed by atoms with Crippen molar-refractivity contribution in [3.63, 3.8) is 0 Å². The number of pyridine rings is 2. The van der Waals surface area contributed by atoms with E-state index in [9.17, 15) is 14.3 Å². The van der Waals surface area contributed by atoms with Gasteiger partial charge in [0, 0.05) is 54.4 Å². The fourth-order valence-electron chi connectivity index (χ4n) is 2.91. The molecule has 0 aliphatic heterocycles. The Kier molecular flexibility index (Phi) is 8.31. The zero-order chi connectivity index (χ0) is 24.5. The molecule has 0 fully saturated rings. The molecule has 2 heterocycles. The predicted molar refractivity (Wildman–Crippen MR) is 131 cm³/mol. The maximum atomic E-state index is 13.4. The third-order valence-electron chi connectivity index (χ3n) is 4.62. The highest BCUT2D eigenvalue weighted by molar-refractivity contribution is 6.31. The number of carboxylic acid groups (broad SMARTS) is 1. The van der Waals surface area contributed by atoms with Gasteiger partial charge in [-0.3, -0.25) is 9.97 Å². The number of nitrogens with one attached hydrogen (secondary N) is 2. The van der Waals surface area contributed by atoms with E-state index in [0.29, 0.717) is 29.8 Å². The number of halogens is 2. The second kappa shape index (κ2) is 11.6. The molecule has 0 saturated carbocycles. The molecule has 0 unspecified atom stereocenters. The largest absolute Gasteiger partial charge is 0.478 e. The monoisotopic (exact) mass is 480 g/mol. The number of anilines is 1. The number of carbonyl (C=O) groups is 1. The van der Waals surface area contributed by atoms with Crippen LogP contribution in [-0.4, -0.2) is 33.8 Å². The summed E-state index contributed by atoms with van der Waals surface area (Å²) in [6.45, 7) is 4.35. The molecule has 0 bridgehead atoms. The Hall–Kier alpha value is -4.24. The quantitative estimate of drug-likeness (QED) is 0.322. The zero-order valence-electron chi connectivity index (χ0n) is 18.0. The minimum absolute atomic E-state index is 0.00545. The summed E-state index contributed by atoms with van der Waals surface area (Å²) in [6, 6.07) is 9.38. The third kappa shape index (κ3) is 6.88. The minimum Gasteiger partial charge on any atom is -0.478 e. The molecule has 1 aromatic carbocycles. The fourth-order valence-corrected chi connectivity index (χ4v) is 3.09. The molecule has 3 aromatic rings. The fraction of sp³-hybridized carbons (Fsp3) is 0.0833. The van der Waals surface area contributed by atoms with Gasteiger partial charge in [-0.05, 0) is 48.4 Å². The van der Waals surface area contributed by atoms with E-state index in [2.05, 4.69) is 32.2 Å². The summed E-state index contributed by atoms with van der Waals surface area (Å²) in [4.78, 5) is 23.7. The Morgan fingerprint density at radius 2 is 1.91 bits per heavy atom. The van der Waals surface area contributed by atoms with Gasteiger partial charge in [-0.1, -0.05) is 18.2 Å². The van der Waals surface area contributed by atoms with Crippen molar-refractivity contribution < 1.29 is 14.3 Å². The Labute approximate surface area is 200 Å². The normalized spacial score (nSPS) is 11.7. The number of rotatable bonds is 10. The molecule has 0 atom stereocenters. The van der Waals surface area contributed by atoms with Crippen molar-refractivity contribution >= 4 is 35.0 Å². The summed E-state index contributed by atoms with van der Waals surface area (Å²) in [5.41, 5.74) is 8.75. The van der Waals surface area contributed by atoms with E-state index >= 15 is 0 Å². The first-order chi connectivity index (χ1) is 16.3. The first-order valence-electron chi connectivity index (χ1n) is 10.1. The van der Waals surface area contributed by atoms with Crippen molar-refractivity contribution in [1.29, 1.82) is 0 Å². The van der Waals surface area contributed by atoms with Crippen LogP contribution in [0.1, 0.15) is 21.5 Å². The van der Waals surface area contributed by atoms with Crippen LogP contribution in [0.2, 0.25) is 5.02 Å². The topological polar surface area (TPSA) is 126 Å². The molecule has 5 N–H and O–H groups in total. The average Bonchev–Trinajstić information content (AvgIpc) is 2.82. The molecule has 0 aliphatic carbocycles. The van der Waals surface area contributed by atoms with Gasteiger partial charge < -0.3 is 21.5 Å². The van der Waals surface area contributed by atoms with E-state index in [1.165, 1.54) is 42.9 Å². The summed E-state index contributed by atoms with van der Waals surface area (Å²) >= 11 is 5.81. The van der Waals surface area contributed by atoms with Crippen LogP contribution in [-0.2, 0) is 6.42 Å². The predicted octanol–water partition coefficient (Wildman–Crippen LogP) is 4.08. The van der Waals surface area contributed by atoms with E-state index in [0.717, 1.165) is 5.56 Å². The molecule has 0 spiro atoms. The van der Waals surface area contributed by atoms with Crippen LogP contribution >= 0.6 is 11.6 Å². The Morgan fingerprint density at radius 3 is 2.62 bits per heavy atom. The number of nitrogens with zero attached hydrogens (tertiary/aromatic N) is 3. The second-order valence-corrected chi connectivity index (χ2v) is 7.49. The molecule has 0 radical (unpaired) electrons. The van der Waals surface area contributed by atoms with Crippen LogP contribution in [0.4, 0.5) is 10.1 Å². The lowest BCUT2D eigenvalue weighted by Crippen LogP contribution is -2.24. The Bertz CT molecular complexity index is 1250. The molecule has 0 amide bonds. The molecule has 2 aromatic heterocycles. The molecular weight excluding hydrogens is 459 g/mol. The van der Waals surface area contributed by atoms with E-state index in [1.54, 1.807) is 12.4 Å². The summed E-state index contributed by atoms with van der Waals surface area (Å²) in [5.74, 6) is -1.15. The standard InChI is InChI=1S/C24H22ClFN6O2/c1-15(32-19-2-3-22(26)21(25)11-19)31-14-20(17-10-18(24(33)34)13-29-12-17)23(27)30-9-6-16-4-7-28-8-5-16/h2-5,7-8,10-14,30,32H,1,6,9,27H2,(H,33,34)/b23-20-,31-14-. The van der Waals surface area contributed by atoms with Gasteiger partial charge in [0.25, 0.3) is 0 Å². The number of hydrogen-bond donors (Lipinski definition) is 4. The van der Waals surface area contributed by atoms with Crippen LogP contribution in [0.25, 0.3) is 5.57 Å². The van der Waals surface area contributed by atoms with Crippen molar-refractivity contribution in [3.8, 4) is 0 Å². The maximum absolute atomic E-state index is 13.4. The van der Waals surface area contributed by atoms with Crippen molar-refractivity contribution in [1.82, 2.24) is 15.3 Å². The molecule has 3 rings (SSSR count). The number of hydrogen-bond acceptors (Lipinski definition) is 7. The SMILES string of the molecule is C=C(/N=C\C(=C(/N)NCCc1ccncc1)c1cncc(C(=O)O)c1)Nc1ccc(F)c(Cl)c1. The molecule has 0 saturated heterocycles. The first kappa shape index (κ1) is 24.4. The molecule has 34 heavy (non-hydrogen) atoms. The second-order valence-electron chi connectivity index (χ2n) is 7.09. The summed E-state index contributed by atoms with van der Waals surface area (Å²) in [7, 11) is 0. The Balaban J connectivity index is 1.82.